The minimum atomic E-state index is 0.599. The number of para-hydroxylation sites is 3. The van der Waals surface area contributed by atoms with Gasteiger partial charge in [0.15, 0.2) is 0 Å². The van der Waals surface area contributed by atoms with Gasteiger partial charge in [-0.1, -0.05) is 200 Å². The zero-order chi connectivity index (χ0) is 62.7. The second-order valence-electron chi connectivity index (χ2n) is 25.2. The minimum absolute atomic E-state index is 0.599. The molecule has 21 rings (SSSR count). The van der Waals surface area contributed by atoms with Crippen LogP contribution in [0.1, 0.15) is 0 Å². The summed E-state index contributed by atoms with van der Waals surface area (Å²) in [4.78, 5) is 11.3. The number of fused-ring (bicyclic) bond motifs is 18. The van der Waals surface area contributed by atoms with E-state index in [1.54, 1.807) is 0 Å². The molecule has 0 spiro atoms. The van der Waals surface area contributed by atoms with E-state index in [-0.39, 0.29) is 0 Å². The van der Waals surface area contributed by atoms with Crippen molar-refractivity contribution in [1.29, 1.82) is 0 Å². The molecule has 14 aromatic carbocycles. The molecular formula is C88H51N5S3. The summed E-state index contributed by atoms with van der Waals surface area (Å²) in [6.07, 6.45) is 0. The lowest BCUT2D eigenvalue weighted by Gasteiger charge is -2.14. The topological polar surface area (TPSA) is 40.6 Å². The molecule has 0 fully saturated rings. The fraction of sp³-hybridized carbons (Fsp3) is 0. The van der Waals surface area contributed by atoms with Crippen molar-refractivity contribution in [2.45, 2.75) is 0 Å². The van der Waals surface area contributed by atoms with E-state index in [0.717, 1.165) is 72.1 Å². The predicted molar refractivity (Wildman–Crippen MR) is 411 cm³/mol. The number of benzene rings is 14. The van der Waals surface area contributed by atoms with Gasteiger partial charge in [0, 0.05) is 110 Å². The van der Waals surface area contributed by atoms with Crippen molar-refractivity contribution >= 4 is 160 Å². The highest BCUT2D eigenvalue weighted by Gasteiger charge is 2.23. The Labute approximate surface area is 562 Å². The molecule has 446 valence electrons. The largest absolute Gasteiger partial charge is 0.309 e. The average molecular weight is 1270 g/mol. The first-order valence-corrected chi connectivity index (χ1v) is 34.9. The Kier molecular flexibility index (Phi) is 11.7. The summed E-state index contributed by atoms with van der Waals surface area (Å²) in [5.74, 6) is 1.39. The molecule has 0 N–H and O–H groups in total. The Morgan fingerprint density at radius 3 is 0.969 bits per heavy atom. The highest BCUT2D eigenvalue weighted by Crippen LogP contribution is 2.44. The summed E-state index contributed by atoms with van der Waals surface area (Å²) < 4.78 is 14.9. The third-order valence-corrected chi connectivity index (χ3v) is 23.3. The van der Waals surface area contributed by atoms with Crippen LogP contribution in [0.2, 0.25) is 0 Å². The molecule has 0 aliphatic rings. The molecule has 0 bridgehead atoms. The van der Waals surface area contributed by atoms with Crippen LogP contribution < -0.4 is 0 Å². The van der Waals surface area contributed by atoms with Gasteiger partial charge < -0.3 is 4.57 Å². The summed E-state index contributed by atoms with van der Waals surface area (Å²) in [6.45, 7) is 0. The molecule has 5 nitrogen and oxygen atoms in total. The fourth-order valence-corrected chi connectivity index (χ4v) is 18.8. The summed E-state index contributed by atoms with van der Waals surface area (Å²) >= 11 is 5.58. The van der Waals surface area contributed by atoms with E-state index in [2.05, 4.69) is 323 Å². The van der Waals surface area contributed by atoms with Gasteiger partial charge in [-0.2, -0.15) is 4.98 Å². The van der Waals surface area contributed by atoms with Crippen molar-refractivity contribution in [3.63, 3.8) is 0 Å². The van der Waals surface area contributed by atoms with Crippen LogP contribution in [-0.2, 0) is 0 Å². The molecule has 21 aromatic rings. The van der Waals surface area contributed by atoms with Gasteiger partial charge >= 0.3 is 0 Å². The van der Waals surface area contributed by atoms with E-state index in [1.165, 1.54) is 121 Å². The molecular weight excluding hydrogens is 1220 g/mol. The molecule has 0 saturated carbocycles. The Balaban J connectivity index is 0.679. The van der Waals surface area contributed by atoms with Gasteiger partial charge in [-0.3, -0.25) is 9.13 Å². The molecule has 0 radical (unpaired) electrons. The van der Waals surface area contributed by atoms with Crippen LogP contribution in [0.3, 0.4) is 0 Å². The SMILES string of the molecule is c1ccc2c(c1)sc1cc(-c3ccc4c(c3)c3ccccc3n4-c3ccc(-c4ccc(-c5cc(-n6c7ccccc7c7cc(-c8ccc9c(c8)sc8ccccc89)ccc76)nc(-n6c7ccccc7c7cc(-c8ccc9c(c8)sc8ccccc89)ccc76)n5)cc4)cc3)ccc12. The van der Waals surface area contributed by atoms with E-state index < -0.39 is 0 Å². The molecule has 0 saturated heterocycles. The number of aromatic nitrogens is 5. The second kappa shape index (κ2) is 20.9. The Hall–Kier alpha value is -11.8. The zero-order valence-corrected chi connectivity index (χ0v) is 53.9. The Morgan fingerprint density at radius 1 is 0.198 bits per heavy atom. The van der Waals surface area contributed by atoms with Crippen LogP contribution in [0, 0.1) is 0 Å². The van der Waals surface area contributed by atoms with Crippen molar-refractivity contribution < 1.29 is 0 Å². The van der Waals surface area contributed by atoms with Crippen LogP contribution in [0.4, 0.5) is 0 Å². The third kappa shape index (κ3) is 8.26. The zero-order valence-electron chi connectivity index (χ0n) is 51.4. The average Bonchev–Trinajstić information content (AvgIpc) is 1.58. The monoisotopic (exact) mass is 1270 g/mol. The first kappa shape index (κ1) is 53.7. The highest BCUT2D eigenvalue weighted by atomic mass is 32.1. The maximum atomic E-state index is 5.70. The molecule has 0 atom stereocenters. The first-order chi connectivity index (χ1) is 47.5. The van der Waals surface area contributed by atoms with E-state index in [1.807, 2.05) is 34.0 Å². The number of hydrogen-bond donors (Lipinski definition) is 0. The minimum Gasteiger partial charge on any atom is -0.309 e. The number of nitrogens with zero attached hydrogens (tertiary/aromatic N) is 5. The smallest absolute Gasteiger partial charge is 0.237 e. The van der Waals surface area contributed by atoms with Gasteiger partial charge in [-0.15, -0.1) is 34.0 Å². The summed E-state index contributed by atoms with van der Waals surface area (Å²) in [7, 11) is 0. The van der Waals surface area contributed by atoms with Crippen LogP contribution in [0.25, 0.3) is 199 Å². The van der Waals surface area contributed by atoms with Crippen molar-refractivity contribution in [3.8, 4) is 73.2 Å². The van der Waals surface area contributed by atoms with Gasteiger partial charge in [0.1, 0.15) is 5.82 Å². The summed E-state index contributed by atoms with van der Waals surface area (Å²) in [5.41, 5.74) is 19.0. The third-order valence-electron chi connectivity index (χ3n) is 19.9. The molecule has 0 unspecified atom stereocenters. The molecule has 0 amide bonds. The molecule has 0 aliphatic carbocycles. The van der Waals surface area contributed by atoms with Crippen LogP contribution in [0.5, 0.6) is 0 Å². The van der Waals surface area contributed by atoms with Crippen molar-refractivity contribution in [1.82, 2.24) is 23.7 Å². The first-order valence-electron chi connectivity index (χ1n) is 32.5. The predicted octanol–water partition coefficient (Wildman–Crippen LogP) is 25.2. The van der Waals surface area contributed by atoms with Gasteiger partial charge in [0.05, 0.1) is 38.8 Å². The van der Waals surface area contributed by atoms with Crippen molar-refractivity contribution in [3.05, 3.63) is 309 Å². The lowest BCUT2D eigenvalue weighted by atomic mass is 10.0. The van der Waals surface area contributed by atoms with Gasteiger partial charge in [-0.25, -0.2) is 4.98 Å². The summed E-state index contributed by atoms with van der Waals surface area (Å²) in [5, 5.41) is 14.9. The molecule has 7 aromatic heterocycles. The Morgan fingerprint density at radius 2 is 0.510 bits per heavy atom. The maximum Gasteiger partial charge on any atom is 0.237 e. The molecule has 7 heterocycles. The van der Waals surface area contributed by atoms with Crippen molar-refractivity contribution in [2.75, 3.05) is 0 Å². The molecule has 96 heavy (non-hydrogen) atoms. The van der Waals surface area contributed by atoms with Crippen LogP contribution in [-0.4, -0.2) is 23.7 Å². The summed E-state index contributed by atoms with van der Waals surface area (Å²) in [6, 6.07) is 114. The number of hydrogen-bond acceptors (Lipinski definition) is 5. The van der Waals surface area contributed by atoms with Crippen LogP contribution >= 0.6 is 34.0 Å². The fourth-order valence-electron chi connectivity index (χ4n) is 15.3. The normalized spacial score (nSPS) is 12.2. The maximum absolute atomic E-state index is 5.70. The Bertz CT molecular complexity index is 6580. The van der Waals surface area contributed by atoms with E-state index in [9.17, 15) is 0 Å². The van der Waals surface area contributed by atoms with Gasteiger partial charge in [0.25, 0.3) is 0 Å². The standard InChI is InChI=1S/C88H51N5S3/c1-7-19-75-62(13-1)71-45-55(58-31-39-68-65-16-4-10-22-81(65)94-84(68)48-58)34-42-78(71)91(75)61-37-29-53(30-38-61)52-25-27-54(28-26-52)74-51-87(92-76-20-8-2-14-63(76)72-46-56(35-43-79(72)92)59-32-40-69-66-17-5-11-23-82(66)95-85(69)49-59)90-88(89-74)93-77-21-9-3-15-64(77)73-47-57(36-44-80(73)93)60-33-41-70-67-18-6-12-24-83(67)96-86(70)50-60/h1-51H. The lowest BCUT2D eigenvalue weighted by molar-refractivity contribution is 0.952. The van der Waals surface area contributed by atoms with E-state index in [0.29, 0.717) is 5.95 Å². The lowest BCUT2D eigenvalue weighted by Crippen LogP contribution is -2.07. The second-order valence-corrected chi connectivity index (χ2v) is 28.5. The number of rotatable bonds is 8. The molecule has 0 aliphatic heterocycles. The van der Waals surface area contributed by atoms with Gasteiger partial charge in [0.2, 0.25) is 5.95 Å². The van der Waals surface area contributed by atoms with E-state index in [4.69, 9.17) is 9.97 Å². The highest BCUT2D eigenvalue weighted by molar-refractivity contribution is 7.26. The molecule has 8 heteroatoms. The van der Waals surface area contributed by atoms with E-state index >= 15 is 0 Å². The van der Waals surface area contributed by atoms with Gasteiger partial charge in [-0.05, 0) is 148 Å². The van der Waals surface area contributed by atoms with Crippen molar-refractivity contribution in [2.24, 2.45) is 0 Å². The number of thiophene rings is 3. The van der Waals surface area contributed by atoms with Crippen LogP contribution in [0.15, 0.2) is 309 Å². The quantitative estimate of drug-likeness (QED) is 0.152.